The zero-order valence-corrected chi connectivity index (χ0v) is 7.92. The quantitative estimate of drug-likeness (QED) is 0.627. The summed E-state index contributed by atoms with van der Waals surface area (Å²) in [4.78, 5) is 0. The molecule has 0 amide bonds. The Hall–Kier alpha value is -0.0400. The molecule has 0 aromatic rings. The van der Waals surface area contributed by atoms with Crippen molar-refractivity contribution >= 4 is 0 Å². The molecule has 2 bridgehead atoms. The Bertz CT molecular complexity index is 171. The Labute approximate surface area is 74.9 Å². The highest BCUT2D eigenvalue weighted by Crippen LogP contribution is 2.58. The van der Waals surface area contributed by atoms with E-state index in [1.807, 2.05) is 0 Å². The van der Waals surface area contributed by atoms with Gasteiger partial charge in [0.1, 0.15) is 0 Å². The monoisotopic (exact) mass is 165 g/mol. The molecule has 12 heavy (non-hydrogen) atoms. The number of fused-ring (bicyclic) bond motifs is 5. The van der Waals surface area contributed by atoms with E-state index in [0.717, 1.165) is 29.7 Å². The molecule has 4 unspecified atom stereocenters. The molecule has 3 rings (SSSR count). The molecule has 0 saturated heterocycles. The molecule has 0 spiro atoms. The topological polar surface area (TPSA) is 12.0 Å². The molecule has 4 atom stereocenters. The fourth-order valence-electron chi connectivity index (χ4n) is 4.25. The first-order valence-electron chi connectivity index (χ1n) is 5.55. The van der Waals surface area contributed by atoms with Gasteiger partial charge in [-0.05, 0) is 62.8 Å². The Kier molecular flexibility index (Phi) is 1.52. The minimum absolute atomic E-state index is 0.864. The lowest BCUT2D eigenvalue weighted by Crippen LogP contribution is -2.22. The van der Waals surface area contributed by atoms with Crippen molar-refractivity contribution in [1.82, 2.24) is 5.32 Å². The van der Waals surface area contributed by atoms with E-state index in [1.54, 1.807) is 19.3 Å². The number of hydrogen-bond donors (Lipinski definition) is 1. The SMILES string of the molecule is CNC1CC2C3CCC(C3)C2C1. The van der Waals surface area contributed by atoms with Crippen molar-refractivity contribution in [2.45, 2.75) is 38.1 Å². The minimum atomic E-state index is 0.864. The molecular weight excluding hydrogens is 146 g/mol. The van der Waals surface area contributed by atoms with Crippen LogP contribution in [0, 0.1) is 23.7 Å². The van der Waals surface area contributed by atoms with E-state index in [4.69, 9.17) is 0 Å². The third-order valence-corrected chi connectivity index (χ3v) is 4.80. The smallest absolute Gasteiger partial charge is 0.00697 e. The van der Waals surface area contributed by atoms with E-state index in [9.17, 15) is 0 Å². The summed E-state index contributed by atoms with van der Waals surface area (Å²) in [7, 11) is 2.13. The second kappa shape index (κ2) is 2.47. The maximum absolute atomic E-state index is 3.46. The van der Waals surface area contributed by atoms with Crippen LogP contribution in [0.1, 0.15) is 32.1 Å². The van der Waals surface area contributed by atoms with E-state index in [0.29, 0.717) is 0 Å². The van der Waals surface area contributed by atoms with E-state index in [1.165, 1.54) is 12.8 Å². The Morgan fingerprint density at radius 3 is 2.00 bits per heavy atom. The first-order valence-corrected chi connectivity index (χ1v) is 5.55. The molecule has 1 N–H and O–H groups in total. The van der Waals surface area contributed by atoms with Gasteiger partial charge in [0.25, 0.3) is 0 Å². The average Bonchev–Trinajstić information content (AvgIpc) is 2.75. The van der Waals surface area contributed by atoms with Crippen molar-refractivity contribution in [1.29, 1.82) is 0 Å². The van der Waals surface area contributed by atoms with Crippen LogP contribution in [0.3, 0.4) is 0 Å². The van der Waals surface area contributed by atoms with Crippen molar-refractivity contribution in [2.24, 2.45) is 23.7 Å². The van der Waals surface area contributed by atoms with Gasteiger partial charge in [0.05, 0.1) is 0 Å². The molecule has 1 heteroatoms. The summed E-state index contributed by atoms with van der Waals surface area (Å²) in [6, 6.07) is 0.864. The first kappa shape index (κ1) is 7.37. The van der Waals surface area contributed by atoms with Gasteiger partial charge in [-0.15, -0.1) is 0 Å². The largest absolute Gasteiger partial charge is 0.317 e. The molecule has 0 aromatic carbocycles. The average molecular weight is 165 g/mol. The normalized spacial score (nSPS) is 56.2. The minimum Gasteiger partial charge on any atom is -0.317 e. The molecule has 3 fully saturated rings. The number of rotatable bonds is 1. The Morgan fingerprint density at radius 2 is 1.50 bits per heavy atom. The van der Waals surface area contributed by atoms with Gasteiger partial charge >= 0.3 is 0 Å². The molecule has 0 radical (unpaired) electrons. The second-order valence-corrected chi connectivity index (χ2v) is 5.12. The van der Waals surface area contributed by atoms with Gasteiger partial charge in [0.2, 0.25) is 0 Å². The van der Waals surface area contributed by atoms with Crippen LogP contribution < -0.4 is 5.32 Å². The predicted octanol–water partition coefficient (Wildman–Crippen LogP) is 2.03. The highest BCUT2D eigenvalue weighted by atomic mass is 14.9. The lowest BCUT2D eigenvalue weighted by molar-refractivity contribution is 0.259. The lowest BCUT2D eigenvalue weighted by Gasteiger charge is -2.23. The van der Waals surface area contributed by atoms with Crippen LogP contribution >= 0.6 is 0 Å². The predicted molar refractivity (Wildman–Crippen MR) is 49.9 cm³/mol. The molecule has 0 heterocycles. The fourth-order valence-corrected chi connectivity index (χ4v) is 4.25. The van der Waals surface area contributed by atoms with E-state index in [-0.39, 0.29) is 0 Å². The summed E-state index contributed by atoms with van der Waals surface area (Å²) in [5.41, 5.74) is 0. The highest BCUT2D eigenvalue weighted by molar-refractivity contribution is 5.02. The van der Waals surface area contributed by atoms with Crippen molar-refractivity contribution in [3.8, 4) is 0 Å². The molecule has 3 aliphatic rings. The molecule has 3 aliphatic carbocycles. The second-order valence-electron chi connectivity index (χ2n) is 5.12. The summed E-state index contributed by atoms with van der Waals surface area (Å²) in [6.07, 6.45) is 7.68. The summed E-state index contributed by atoms with van der Waals surface area (Å²) < 4.78 is 0. The van der Waals surface area contributed by atoms with Crippen LogP contribution in [-0.2, 0) is 0 Å². The van der Waals surface area contributed by atoms with E-state index < -0.39 is 0 Å². The van der Waals surface area contributed by atoms with Crippen LogP contribution in [0.25, 0.3) is 0 Å². The maximum Gasteiger partial charge on any atom is 0.00697 e. The zero-order chi connectivity index (χ0) is 8.13. The van der Waals surface area contributed by atoms with Crippen LogP contribution in [-0.4, -0.2) is 13.1 Å². The van der Waals surface area contributed by atoms with Gasteiger partial charge in [-0.25, -0.2) is 0 Å². The van der Waals surface area contributed by atoms with Crippen LogP contribution in [0.4, 0.5) is 0 Å². The van der Waals surface area contributed by atoms with Gasteiger partial charge in [-0.2, -0.15) is 0 Å². The molecule has 1 nitrogen and oxygen atoms in total. The standard InChI is InChI=1S/C11H19N/c1-12-9-5-10-7-2-3-8(4-7)11(10)6-9/h7-12H,2-6H2,1H3. The Morgan fingerprint density at radius 1 is 0.917 bits per heavy atom. The molecule has 68 valence electrons. The first-order chi connectivity index (χ1) is 5.88. The van der Waals surface area contributed by atoms with Gasteiger partial charge in [0.15, 0.2) is 0 Å². The van der Waals surface area contributed by atoms with E-state index >= 15 is 0 Å². The molecule has 0 aromatic heterocycles. The van der Waals surface area contributed by atoms with Gasteiger partial charge in [0, 0.05) is 6.04 Å². The number of nitrogens with one attached hydrogen (secondary N) is 1. The van der Waals surface area contributed by atoms with Crippen LogP contribution in [0.15, 0.2) is 0 Å². The summed E-state index contributed by atoms with van der Waals surface area (Å²) >= 11 is 0. The lowest BCUT2D eigenvalue weighted by atomic mass is 9.82. The van der Waals surface area contributed by atoms with Crippen molar-refractivity contribution in [2.75, 3.05) is 7.05 Å². The van der Waals surface area contributed by atoms with Crippen LogP contribution in [0.5, 0.6) is 0 Å². The summed E-state index contributed by atoms with van der Waals surface area (Å²) in [5, 5.41) is 3.46. The van der Waals surface area contributed by atoms with Gasteiger partial charge < -0.3 is 5.32 Å². The number of hydrogen-bond acceptors (Lipinski definition) is 1. The molecular formula is C11H19N. The Balaban J connectivity index is 1.78. The third-order valence-electron chi connectivity index (χ3n) is 4.80. The summed E-state index contributed by atoms with van der Waals surface area (Å²) in [6.45, 7) is 0. The van der Waals surface area contributed by atoms with Crippen LogP contribution in [0.2, 0.25) is 0 Å². The summed E-state index contributed by atoms with van der Waals surface area (Å²) in [5.74, 6) is 4.53. The zero-order valence-electron chi connectivity index (χ0n) is 7.92. The third kappa shape index (κ3) is 0.834. The maximum atomic E-state index is 3.46. The van der Waals surface area contributed by atoms with Crippen molar-refractivity contribution < 1.29 is 0 Å². The fraction of sp³-hybridized carbons (Fsp3) is 1.00. The molecule has 0 aliphatic heterocycles. The highest BCUT2D eigenvalue weighted by Gasteiger charge is 2.51. The van der Waals surface area contributed by atoms with Crippen molar-refractivity contribution in [3.63, 3.8) is 0 Å². The molecule has 3 saturated carbocycles. The van der Waals surface area contributed by atoms with Gasteiger partial charge in [-0.3, -0.25) is 0 Å². The van der Waals surface area contributed by atoms with E-state index in [2.05, 4.69) is 12.4 Å². The van der Waals surface area contributed by atoms with Crippen molar-refractivity contribution in [3.05, 3.63) is 0 Å². The van der Waals surface area contributed by atoms with Gasteiger partial charge in [-0.1, -0.05) is 0 Å².